The van der Waals surface area contributed by atoms with Crippen LogP contribution in [0, 0.1) is 5.92 Å². The Labute approximate surface area is 148 Å². The van der Waals surface area contributed by atoms with Crippen LogP contribution in [0.15, 0.2) is 34.0 Å². The zero-order chi connectivity index (χ0) is 17.8. The van der Waals surface area contributed by atoms with Crippen molar-refractivity contribution < 1.29 is 14.3 Å². The van der Waals surface area contributed by atoms with Crippen molar-refractivity contribution in [2.45, 2.75) is 32.0 Å². The summed E-state index contributed by atoms with van der Waals surface area (Å²) >= 11 is 1.05. The largest absolute Gasteiger partial charge is 0.481 e. The molecule has 3 aromatic heterocycles. The molecule has 8 nitrogen and oxygen atoms in total. The molecule has 2 N–H and O–H groups in total. The molecule has 132 valence electrons. The van der Waals surface area contributed by atoms with E-state index in [0.717, 1.165) is 30.4 Å². The Morgan fingerprint density at radius 1 is 1.36 bits per heavy atom. The Morgan fingerprint density at radius 2 is 2.16 bits per heavy atom. The molecule has 0 aliphatic heterocycles. The van der Waals surface area contributed by atoms with Gasteiger partial charge in [-0.15, -0.1) is 5.10 Å². The van der Waals surface area contributed by atoms with Crippen LogP contribution in [-0.2, 0) is 11.3 Å². The Balaban J connectivity index is 1.69. The summed E-state index contributed by atoms with van der Waals surface area (Å²) in [6.45, 7) is 5.24. The molecule has 0 aliphatic rings. The summed E-state index contributed by atoms with van der Waals surface area (Å²) in [5.74, 6) is 1.26. The number of carbonyl (C=O) groups is 1. The lowest BCUT2D eigenvalue weighted by Crippen LogP contribution is -2.01. The SMILES string of the molecule is CC(C)CCn1ccc(-c2ccc(-c3nc(SCC(=O)O)n[nH]3)o2)n1. The standard InChI is InChI=1S/C16H19N5O3S/c1-10(2)5-7-21-8-6-11(20-21)12-3-4-13(24-12)15-17-16(19-18-15)25-9-14(22)23/h3-4,6,8,10H,5,7,9H2,1-2H3,(H,22,23)(H,17,18,19). The van der Waals surface area contributed by atoms with Gasteiger partial charge in [0.25, 0.3) is 0 Å². The van der Waals surface area contributed by atoms with E-state index < -0.39 is 5.97 Å². The molecule has 9 heteroatoms. The molecule has 0 atom stereocenters. The number of carboxylic acids is 1. The topological polar surface area (TPSA) is 110 Å². The van der Waals surface area contributed by atoms with Crippen LogP contribution in [0.1, 0.15) is 20.3 Å². The van der Waals surface area contributed by atoms with Crippen molar-refractivity contribution in [3.63, 3.8) is 0 Å². The highest BCUT2D eigenvalue weighted by atomic mass is 32.2. The third-order valence-corrected chi connectivity index (χ3v) is 4.29. The van der Waals surface area contributed by atoms with E-state index in [9.17, 15) is 4.79 Å². The molecule has 0 unspecified atom stereocenters. The van der Waals surface area contributed by atoms with Gasteiger partial charge in [0, 0.05) is 12.7 Å². The molecule has 0 radical (unpaired) electrons. The molecule has 0 aliphatic carbocycles. The number of hydrogen-bond donors (Lipinski definition) is 2. The third kappa shape index (κ3) is 4.50. The molecule has 0 fully saturated rings. The highest BCUT2D eigenvalue weighted by molar-refractivity contribution is 7.99. The number of H-pyrrole nitrogens is 1. The predicted molar refractivity (Wildman–Crippen MR) is 93.1 cm³/mol. The number of nitrogens with one attached hydrogen (secondary N) is 1. The lowest BCUT2D eigenvalue weighted by Gasteiger charge is -2.03. The van der Waals surface area contributed by atoms with Gasteiger partial charge in [-0.25, -0.2) is 0 Å². The summed E-state index contributed by atoms with van der Waals surface area (Å²) in [5.41, 5.74) is 0.759. The van der Waals surface area contributed by atoms with Crippen molar-refractivity contribution in [1.29, 1.82) is 0 Å². The van der Waals surface area contributed by atoms with Gasteiger partial charge in [-0.3, -0.25) is 14.6 Å². The monoisotopic (exact) mass is 361 g/mol. The van der Waals surface area contributed by atoms with E-state index in [2.05, 4.69) is 34.1 Å². The molecule has 0 bridgehead atoms. The molecule has 0 saturated heterocycles. The Kier molecular flexibility index (Phi) is 5.22. The lowest BCUT2D eigenvalue weighted by atomic mass is 10.1. The smallest absolute Gasteiger partial charge is 0.313 e. The van der Waals surface area contributed by atoms with Gasteiger partial charge in [-0.2, -0.15) is 10.1 Å². The van der Waals surface area contributed by atoms with Crippen LogP contribution in [0.4, 0.5) is 0 Å². The second kappa shape index (κ2) is 7.56. The number of rotatable bonds is 8. The van der Waals surface area contributed by atoms with Crippen LogP contribution in [0.3, 0.4) is 0 Å². The zero-order valence-electron chi connectivity index (χ0n) is 14.0. The summed E-state index contributed by atoms with van der Waals surface area (Å²) < 4.78 is 7.71. The number of aryl methyl sites for hydroxylation is 1. The highest BCUT2D eigenvalue weighted by Crippen LogP contribution is 2.26. The predicted octanol–water partition coefficient (Wildman–Crippen LogP) is 3.15. The quantitative estimate of drug-likeness (QED) is 0.593. The Bertz CT molecular complexity index is 851. The maximum atomic E-state index is 10.6. The minimum atomic E-state index is -0.912. The number of aromatic nitrogens is 5. The number of carboxylic acid groups (broad SMARTS) is 1. The fraction of sp³-hybridized carbons (Fsp3) is 0.375. The maximum Gasteiger partial charge on any atom is 0.313 e. The molecule has 25 heavy (non-hydrogen) atoms. The van der Waals surface area contributed by atoms with E-state index >= 15 is 0 Å². The number of thioether (sulfide) groups is 1. The van der Waals surface area contributed by atoms with E-state index in [0.29, 0.717) is 28.4 Å². The average Bonchev–Trinajstić information content (AvgIpc) is 3.29. The molecular formula is C16H19N5O3S. The van der Waals surface area contributed by atoms with Crippen molar-refractivity contribution in [2.24, 2.45) is 5.92 Å². The second-order valence-electron chi connectivity index (χ2n) is 5.96. The van der Waals surface area contributed by atoms with Gasteiger partial charge in [0.05, 0.1) is 5.75 Å². The number of aromatic amines is 1. The van der Waals surface area contributed by atoms with Gasteiger partial charge in [0.15, 0.2) is 17.3 Å². The molecule has 3 aromatic rings. The van der Waals surface area contributed by atoms with Crippen LogP contribution in [0.25, 0.3) is 23.0 Å². The first-order valence-corrected chi connectivity index (χ1v) is 8.91. The third-order valence-electron chi connectivity index (χ3n) is 3.46. The Morgan fingerprint density at radius 3 is 2.92 bits per heavy atom. The first-order chi connectivity index (χ1) is 12.0. The summed E-state index contributed by atoms with van der Waals surface area (Å²) in [7, 11) is 0. The summed E-state index contributed by atoms with van der Waals surface area (Å²) in [5, 5.41) is 20.3. The van der Waals surface area contributed by atoms with Gasteiger partial charge in [0.2, 0.25) is 5.16 Å². The number of furan rings is 1. The summed E-state index contributed by atoms with van der Waals surface area (Å²) in [6, 6.07) is 5.53. The van der Waals surface area contributed by atoms with E-state index in [-0.39, 0.29) is 5.75 Å². The van der Waals surface area contributed by atoms with Gasteiger partial charge < -0.3 is 9.52 Å². The van der Waals surface area contributed by atoms with E-state index in [1.807, 2.05) is 23.0 Å². The van der Waals surface area contributed by atoms with Crippen molar-refractivity contribution in [3.8, 4) is 23.0 Å². The van der Waals surface area contributed by atoms with E-state index in [1.165, 1.54) is 0 Å². The molecule has 3 rings (SSSR count). The van der Waals surface area contributed by atoms with Crippen molar-refractivity contribution >= 4 is 17.7 Å². The summed E-state index contributed by atoms with van der Waals surface area (Å²) in [4.78, 5) is 14.8. The normalized spacial score (nSPS) is 11.3. The van der Waals surface area contributed by atoms with Gasteiger partial charge in [-0.1, -0.05) is 25.6 Å². The molecule has 0 spiro atoms. The number of hydrogen-bond acceptors (Lipinski definition) is 6. The number of nitrogens with zero attached hydrogens (tertiary/aromatic N) is 4. The van der Waals surface area contributed by atoms with Gasteiger partial charge >= 0.3 is 5.97 Å². The Hall–Kier alpha value is -2.55. The first kappa shape index (κ1) is 17.3. The molecule has 0 saturated carbocycles. The average molecular weight is 361 g/mol. The van der Waals surface area contributed by atoms with E-state index in [1.54, 1.807) is 6.07 Å². The minimum absolute atomic E-state index is 0.0888. The fourth-order valence-electron chi connectivity index (χ4n) is 2.16. The number of aliphatic carboxylic acids is 1. The van der Waals surface area contributed by atoms with Gasteiger partial charge in [-0.05, 0) is 30.5 Å². The minimum Gasteiger partial charge on any atom is -0.481 e. The van der Waals surface area contributed by atoms with Crippen LogP contribution >= 0.6 is 11.8 Å². The fourth-order valence-corrected chi connectivity index (χ4v) is 2.68. The van der Waals surface area contributed by atoms with Gasteiger partial charge in [0.1, 0.15) is 5.69 Å². The maximum absolute atomic E-state index is 10.6. The van der Waals surface area contributed by atoms with Crippen molar-refractivity contribution in [3.05, 3.63) is 24.4 Å². The lowest BCUT2D eigenvalue weighted by molar-refractivity contribution is -0.133. The van der Waals surface area contributed by atoms with E-state index in [4.69, 9.17) is 9.52 Å². The first-order valence-electron chi connectivity index (χ1n) is 7.92. The molecule has 3 heterocycles. The van der Waals surface area contributed by atoms with Crippen LogP contribution in [-0.4, -0.2) is 41.8 Å². The second-order valence-corrected chi connectivity index (χ2v) is 6.90. The summed E-state index contributed by atoms with van der Waals surface area (Å²) in [6.07, 6.45) is 3.01. The highest BCUT2D eigenvalue weighted by Gasteiger charge is 2.14. The molecular weight excluding hydrogens is 342 g/mol. The zero-order valence-corrected chi connectivity index (χ0v) is 14.8. The van der Waals surface area contributed by atoms with Crippen LogP contribution in [0.5, 0.6) is 0 Å². The van der Waals surface area contributed by atoms with Crippen LogP contribution < -0.4 is 0 Å². The molecule has 0 amide bonds. The van der Waals surface area contributed by atoms with Crippen molar-refractivity contribution in [2.75, 3.05) is 5.75 Å². The van der Waals surface area contributed by atoms with Crippen molar-refractivity contribution in [1.82, 2.24) is 25.0 Å². The van der Waals surface area contributed by atoms with Crippen LogP contribution in [0.2, 0.25) is 0 Å². The molecule has 0 aromatic carbocycles.